The molecular weight excluding hydrogens is 308 g/mol. The number of hydrogen-bond donors (Lipinski definition) is 1. The molecule has 3 nitrogen and oxygen atoms in total. The molecule has 1 N–H and O–H groups in total. The second-order valence-corrected chi connectivity index (χ2v) is 6.82. The van der Waals surface area contributed by atoms with Gasteiger partial charge >= 0.3 is 0 Å². The van der Waals surface area contributed by atoms with E-state index in [-0.39, 0.29) is 5.75 Å². The first-order chi connectivity index (χ1) is 11.1. The van der Waals surface area contributed by atoms with E-state index in [1.807, 2.05) is 61.5 Å². The lowest BCUT2D eigenvalue weighted by atomic mass is 10.2. The smallest absolute Gasteiger partial charge is 0.0840 e. The topological polar surface area (TPSA) is 46.5 Å². The molecule has 2 rings (SSSR count). The van der Waals surface area contributed by atoms with Gasteiger partial charge in [-0.1, -0.05) is 60.2 Å². The normalized spacial score (nSPS) is 14.0. The summed E-state index contributed by atoms with van der Waals surface area (Å²) in [5.74, 6) is 0.193. The molecule has 0 unspecified atom stereocenters. The Kier molecular flexibility index (Phi) is 7.20. The van der Waals surface area contributed by atoms with Crippen molar-refractivity contribution < 1.29 is 14.1 Å². The highest BCUT2D eigenvalue weighted by Gasteiger charge is 2.08. The van der Waals surface area contributed by atoms with Gasteiger partial charge in [0.05, 0.1) is 35.9 Å². The number of aryl methyl sites for hydroxylation is 1. The Morgan fingerprint density at radius 1 is 1.13 bits per heavy atom. The van der Waals surface area contributed by atoms with Gasteiger partial charge in [0.15, 0.2) is 0 Å². The van der Waals surface area contributed by atoms with Crippen LogP contribution in [0.2, 0.25) is 0 Å². The van der Waals surface area contributed by atoms with Crippen molar-refractivity contribution in [3.63, 3.8) is 0 Å². The Bertz CT molecular complexity index is 635. The van der Waals surface area contributed by atoms with Crippen molar-refractivity contribution in [1.82, 2.24) is 0 Å². The molecule has 0 saturated heterocycles. The van der Waals surface area contributed by atoms with Gasteiger partial charge < -0.3 is 9.84 Å². The van der Waals surface area contributed by atoms with Crippen LogP contribution < -0.4 is 0 Å². The molecule has 2 aromatic carbocycles. The molecule has 0 amide bonds. The highest BCUT2D eigenvalue weighted by atomic mass is 32.2. The second-order valence-electron chi connectivity index (χ2n) is 5.32. The van der Waals surface area contributed by atoms with Crippen molar-refractivity contribution in [2.45, 2.75) is 24.5 Å². The van der Waals surface area contributed by atoms with E-state index in [4.69, 9.17) is 4.74 Å². The van der Waals surface area contributed by atoms with Gasteiger partial charge in [0.25, 0.3) is 0 Å². The summed E-state index contributed by atoms with van der Waals surface area (Å²) in [5, 5.41) is 9.92. The van der Waals surface area contributed by atoms with Gasteiger partial charge in [-0.3, -0.25) is 4.21 Å². The minimum Gasteiger partial charge on any atom is -0.388 e. The minimum atomic E-state index is -1.20. The lowest BCUT2D eigenvalue weighted by Gasteiger charge is -2.06. The third-order valence-electron chi connectivity index (χ3n) is 3.29. The van der Waals surface area contributed by atoms with Crippen molar-refractivity contribution in [3.8, 4) is 0 Å². The van der Waals surface area contributed by atoms with Crippen molar-refractivity contribution in [3.05, 3.63) is 77.9 Å². The van der Waals surface area contributed by atoms with Crippen LogP contribution in [-0.2, 0) is 22.1 Å². The van der Waals surface area contributed by atoms with Crippen LogP contribution in [0.4, 0.5) is 0 Å². The summed E-state index contributed by atoms with van der Waals surface area (Å²) in [5.41, 5.74) is 2.24. The number of rotatable bonds is 8. The van der Waals surface area contributed by atoms with Gasteiger partial charge in [-0.05, 0) is 24.6 Å². The highest BCUT2D eigenvalue weighted by Crippen LogP contribution is 2.09. The third kappa shape index (κ3) is 6.48. The van der Waals surface area contributed by atoms with Crippen LogP contribution in [0.15, 0.2) is 71.6 Å². The van der Waals surface area contributed by atoms with E-state index >= 15 is 0 Å². The number of ether oxygens (including phenoxy) is 1. The maximum Gasteiger partial charge on any atom is 0.0840 e. The zero-order chi connectivity index (χ0) is 16.5. The fourth-order valence-corrected chi connectivity index (χ4v) is 3.08. The van der Waals surface area contributed by atoms with E-state index < -0.39 is 16.9 Å². The first-order valence-electron chi connectivity index (χ1n) is 7.56. The SMILES string of the molecule is Cc1ccc([S@](=O)C[C@@H](O)/C=C/COCc2ccccc2)cc1. The molecule has 0 saturated carbocycles. The first kappa shape index (κ1) is 17.6. The van der Waals surface area contributed by atoms with Crippen molar-refractivity contribution in [2.24, 2.45) is 0 Å². The molecule has 4 heteroatoms. The summed E-state index contributed by atoms with van der Waals surface area (Å²) < 4.78 is 17.6. The van der Waals surface area contributed by atoms with Crippen LogP contribution in [0.5, 0.6) is 0 Å². The van der Waals surface area contributed by atoms with Gasteiger partial charge in [-0.2, -0.15) is 0 Å². The van der Waals surface area contributed by atoms with E-state index in [1.54, 1.807) is 12.2 Å². The maximum absolute atomic E-state index is 12.1. The molecule has 0 aliphatic heterocycles. The zero-order valence-electron chi connectivity index (χ0n) is 13.2. The summed E-state index contributed by atoms with van der Waals surface area (Å²) >= 11 is 0. The first-order valence-corrected chi connectivity index (χ1v) is 8.88. The molecule has 2 aromatic rings. The van der Waals surface area contributed by atoms with Gasteiger partial charge in [-0.25, -0.2) is 0 Å². The number of aliphatic hydroxyl groups is 1. The van der Waals surface area contributed by atoms with E-state index in [0.717, 1.165) is 16.0 Å². The molecular formula is C19H22O3S. The van der Waals surface area contributed by atoms with Gasteiger partial charge in [0.2, 0.25) is 0 Å². The summed E-state index contributed by atoms with van der Waals surface area (Å²) in [4.78, 5) is 0.739. The largest absolute Gasteiger partial charge is 0.388 e. The Hall–Kier alpha value is -1.75. The van der Waals surface area contributed by atoms with Gasteiger partial charge in [0, 0.05) is 4.90 Å². The molecule has 0 radical (unpaired) electrons. The summed E-state index contributed by atoms with van der Waals surface area (Å²) in [6.07, 6.45) is 2.66. The number of hydrogen-bond acceptors (Lipinski definition) is 3. The van der Waals surface area contributed by atoms with Crippen molar-refractivity contribution >= 4 is 10.8 Å². The van der Waals surface area contributed by atoms with Crippen LogP contribution >= 0.6 is 0 Å². The van der Waals surface area contributed by atoms with E-state index in [1.165, 1.54) is 0 Å². The fraction of sp³-hybridized carbons (Fsp3) is 0.263. The molecule has 0 fully saturated rings. The molecule has 0 aromatic heterocycles. The van der Waals surface area contributed by atoms with Crippen molar-refractivity contribution in [1.29, 1.82) is 0 Å². The predicted molar refractivity (Wildman–Crippen MR) is 93.7 cm³/mol. The van der Waals surface area contributed by atoms with E-state index in [9.17, 15) is 9.32 Å². The molecule has 0 aliphatic carbocycles. The Morgan fingerprint density at radius 3 is 2.52 bits per heavy atom. The number of benzene rings is 2. The van der Waals surface area contributed by atoms with Crippen LogP contribution in [0, 0.1) is 6.92 Å². The van der Waals surface area contributed by atoms with E-state index in [2.05, 4.69) is 0 Å². The van der Waals surface area contributed by atoms with Gasteiger partial charge in [-0.15, -0.1) is 0 Å². The quantitative estimate of drug-likeness (QED) is 0.597. The molecule has 122 valence electrons. The van der Waals surface area contributed by atoms with Gasteiger partial charge in [0.1, 0.15) is 0 Å². The summed E-state index contributed by atoms with van der Waals surface area (Å²) in [7, 11) is -1.20. The predicted octanol–water partition coefficient (Wildman–Crippen LogP) is 3.24. The van der Waals surface area contributed by atoms with Crippen LogP contribution in [0.25, 0.3) is 0 Å². The third-order valence-corrected chi connectivity index (χ3v) is 4.73. The molecule has 23 heavy (non-hydrogen) atoms. The Morgan fingerprint density at radius 2 is 1.83 bits per heavy atom. The lowest BCUT2D eigenvalue weighted by Crippen LogP contribution is -2.14. The maximum atomic E-state index is 12.1. The molecule has 0 heterocycles. The highest BCUT2D eigenvalue weighted by molar-refractivity contribution is 7.85. The van der Waals surface area contributed by atoms with Crippen LogP contribution in [0.3, 0.4) is 0 Å². The molecule has 0 bridgehead atoms. The lowest BCUT2D eigenvalue weighted by molar-refractivity contribution is 0.147. The summed E-state index contributed by atoms with van der Waals surface area (Å²) in [6, 6.07) is 17.4. The van der Waals surface area contributed by atoms with Crippen molar-refractivity contribution in [2.75, 3.05) is 12.4 Å². The number of aliphatic hydroxyl groups excluding tert-OH is 1. The second kappa shape index (κ2) is 9.40. The Balaban J connectivity index is 1.70. The minimum absolute atomic E-state index is 0.193. The average molecular weight is 330 g/mol. The van der Waals surface area contributed by atoms with Crippen LogP contribution in [-0.4, -0.2) is 27.8 Å². The summed E-state index contributed by atoms with van der Waals surface area (Å²) in [6.45, 7) is 2.94. The standard InChI is InChI=1S/C19H22O3S/c1-16-9-11-19(12-10-16)23(21)15-18(20)8-5-13-22-14-17-6-3-2-4-7-17/h2-12,18,20H,13-15H2,1H3/b8-5+/t18-,23+/m0/s1. The zero-order valence-corrected chi connectivity index (χ0v) is 14.0. The molecule has 2 atom stereocenters. The molecule has 0 aliphatic rings. The fourth-order valence-electron chi connectivity index (χ4n) is 2.03. The Labute approximate surface area is 140 Å². The monoisotopic (exact) mass is 330 g/mol. The van der Waals surface area contributed by atoms with Crippen LogP contribution in [0.1, 0.15) is 11.1 Å². The average Bonchev–Trinajstić information content (AvgIpc) is 2.56. The molecule has 0 spiro atoms. The van der Waals surface area contributed by atoms with E-state index in [0.29, 0.717) is 13.2 Å².